The van der Waals surface area contributed by atoms with Crippen molar-refractivity contribution in [3.8, 4) is 0 Å². The summed E-state index contributed by atoms with van der Waals surface area (Å²) < 4.78 is 19.1. The van der Waals surface area contributed by atoms with Crippen LogP contribution in [0, 0.1) is 0 Å². The molecule has 0 aliphatic carbocycles. The van der Waals surface area contributed by atoms with Crippen LogP contribution in [0.15, 0.2) is 24.3 Å². The van der Waals surface area contributed by atoms with Gasteiger partial charge in [0.2, 0.25) is 0 Å². The second kappa shape index (κ2) is 3.50. The fourth-order valence-corrected chi connectivity index (χ4v) is 1.63. The maximum atomic E-state index is 14.1. The van der Waals surface area contributed by atoms with Crippen LogP contribution in [0.4, 0.5) is 4.39 Å². The van der Waals surface area contributed by atoms with Gasteiger partial charge in [-0.25, -0.2) is 4.39 Å². The molecule has 2 nitrogen and oxygen atoms in total. The summed E-state index contributed by atoms with van der Waals surface area (Å²) in [4.78, 5) is 10.4. The van der Waals surface area contributed by atoms with E-state index in [1.54, 1.807) is 24.3 Å². The molecule has 0 spiro atoms. The second-order valence-corrected chi connectivity index (χ2v) is 3.51. The molecule has 1 aliphatic rings. The summed E-state index contributed by atoms with van der Waals surface area (Å²) in [5.74, 6) is 0. The van der Waals surface area contributed by atoms with E-state index in [-0.39, 0.29) is 6.61 Å². The van der Waals surface area contributed by atoms with E-state index in [1.807, 2.05) is 0 Å². The SMILES string of the molecule is O=Cc1ccc(C2(F)CCOC2)cc1. The number of benzene rings is 1. The molecule has 1 fully saturated rings. The minimum absolute atomic E-state index is 0.118. The number of hydrogen-bond acceptors (Lipinski definition) is 2. The van der Waals surface area contributed by atoms with Crippen LogP contribution in [0.3, 0.4) is 0 Å². The first-order valence-corrected chi connectivity index (χ1v) is 4.57. The van der Waals surface area contributed by atoms with Crippen molar-refractivity contribution in [3.63, 3.8) is 0 Å². The van der Waals surface area contributed by atoms with E-state index in [9.17, 15) is 9.18 Å². The topological polar surface area (TPSA) is 26.3 Å². The predicted molar refractivity (Wildman–Crippen MR) is 50.1 cm³/mol. The quantitative estimate of drug-likeness (QED) is 0.674. The lowest BCUT2D eigenvalue weighted by atomic mass is 9.94. The highest BCUT2D eigenvalue weighted by atomic mass is 19.1. The largest absolute Gasteiger partial charge is 0.378 e. The molecule has 0 amide bonds. The third kappa shape index (κ3) is 1.55. The lowest BCUT2D eigenvalue weighted by Gasteiger charge is -2.17. The predicted octanol–water partition coefficient (Wildman–Crippen LogP) is 2.08. The van der Waals surface area contributed by atoms with E-state index < -0.39 is 5.67 Å². The van der Waals surface area contributed by atoms with E-state index >= 15 is 0 Å². The van der Waals surface area contributed by atoms with E-state index in [1.165, 1.54) is 0 Å². The second-order valence-electron chi connectivity index (χ2n) is 3.51. The molecule has 1 aliphatic heterocycles. The number of aldehydes is 1. The number of carbonyl (C=O) groups excluding carboxylic acids is 1. The molecule has 1 saturated heterocycles. The van der Waals surface area contributed by atoms with Gasteiger partial charge in [-0.3, -0.25) is 4.79 Å². The Hall–Kier alpha value is -1.22. The van der Waals surface area contributed by atoms with Gasteiger partial charge in [-0.15, -0.1) is 0 Å². The Balaban J connectivity index is 2.27. The molecule has 1 unspecified atom stereocenters. The third-order valence-electron chi connectivity index (χ3n) is 2.54. The molecule has 0 radical (unpaired) electrons. The molecule has 1 atom stereocenters. The van der Waals surface area contributed by atoms with Gasteiger partial charge in [0.25, 0.3) is 0 Å². The van der Waals surface area contributed by atoms with Gasteiger partial charge in [0.05, 0.1) is 13.2 Å². The van der Waals surface area contributed by atoms with Crippen LogP contribution in [-0.2, 0) is 10.4 Å². The summed E-state index contributed by atoms with van der Waals surface area (Å²) in [6.07, 6.45) is 1.15. The average molecular weight is 194 g/mol. The van der Waals surface area contributed by atoms with Gasteiger partial charge in [-0.2, -0.15) is 0 Å². The maximum Gasteiger partial charge on any atom is 0.161 e. The highest BCUT2D eigenvalue weighted by molar-refractivity contribution is 5.74. The molecule has 0 saturated carbocycles. The highest BCUT2D eigenvalue weighted by Crippen LogP contribution is 2.34. The number of hydrogen-bond donors (Lipinski definition) is 0. The van der Waals surface area contributed by atoms with Gasteiger partial charge in [0.15, 0.2) is 5.67 Å². The van der Waals surface area contributed by atoms with Gasteiger partial charge in [0.1, 0.15) is 6.29 Å². The first-order chi connectivity index (χ1) is 6.74. The minimum atomic E-state index is -1.36. The molecule has 2 rings (SSSR count). The summed E-state index contributed by atoms with van der Waals surface area (Å²) in [6.45, 7) is 0.583. The lowest BCUT2D eigenvalue weighted by Crippen LogP contribution is -2.19. The normalized spacial score (nSPS) is 26.4. The first kappa shape index (κ1) is 9.34. The van der Waals surface area contributed by atoms with Gasteiger partial charge >= 0.3 is 0 Å². The molecular formula is C11H11FO2. The van der Waals surface area contributed by atoms with Crippen molar-refractivity contribution < 1.29 is 13.9 Å². The van der Waals surface area contributed by atoms with Gasteiger partial charge in [-0.05, 0) is 5.56 Å². The molecule has 14 heavy (non-hydrogen) atoms. The Morgan fingerprint density at radius 1 is 1.36 bits per heavy atom. The number of alkyl halides is 1. The minimum Gasteiger partial charge on any atom is -0.378 e. The first-order valence-electron chi connectivity index (χ1n) is 4.57. The third-order valence-corrected chi connectivity index (χ3v) is 2.54. The zero-order valence-corrected chi connectivity index (χ0v) is 7.70. The fraction of sp³-hybridized carbons (Fsp3) is 0.364. The molecule has 1 heterocycles. The van der Waals surface area contributed by atoms with Crippen LogP contribution in [-0.4, -0.2) is 19.5 Å². The van der Waals surface area contributed by atoms with E-state index in [0.717, 1.165) is 6.29 Å². The van der Waals surface area contributed by atoms with Crippen LogP contribution in [0.5, 0.6) is 0 Å². The Kier molecular flexibility index (Phi) is 2.33. The van der Waals surface area contributed by atoms with Crippen molar-refractivity contribution in [2.75, 3.05) is 13.2 Å². The summed E-state index contributed by atoms with van der Waals surface area (Å²) in [7, 11) is 0. The maximum absolute atomic E-state index is 14.1. The number of halogens is 1. The highest BCUT2D eigenvalue weighted by Gasteiger charge is 2.36. The van der Waals surface area contributed by atoms with Crippen molar-refractivity contribution >= 4 is 6.29 Å². The zero-order valence-electron chi connectivity index (χ0n) is 7.70. The van der Waals surface area contributed by atoms with Gasteiger partial charge < -0.3 is 4.74 Å². The summed E-state index contributed by atoms with van der Waals surface area (Å²) in [5.41, 5.74) is -0.196. The van der Waals surface area contributed by atoms with Crippen LogP contribution in [0.1, 0.15) is 22.3 Å². The van der Waals surface area contributed by atoms with Crippen molar-refractivity contribution in [1.29, 1.82) is 0 Å². The van der Waals surface area contributed by atoms with E-state index in [4.69, 9.17) is 4.74 Å². The molecule has 3 heteroatoms. The summed E-state index contributed by atoms with van der Waals surface area (Å²) >= 11 is 0. The Morgan fingerprint density at radius 3 is 2.57 bits per heavy atom. The number of carbonyl (C=O) groups is 1. The van der Waals surface area contributed by atoms with Crippen molar-refractivity contribution in [2.45, 2.75) is 12.1 Å². The molecule has 0 aromatic heterocycles. The Morgan fingerprint density at radius 2 is 2.07 bits per heavy atom. The van der Waals surface area contributed by atoms with Crippen LogP contribution in [0.2, 0.25) is 0 Å². The molecule has 1 aromatic carbocycles. The molecule has 0 bridgehead atoms. The van der Waals surface area contributed by atoms with Gasteiger partial charge in [0, 0.05) is 12.0 Å². The number of rotatable bonds is 2. The Bertz CT molecular complexity index is 326. The summed E-state index contributed by atoms with van der Waals surface area (Å²) in [6, 6.07) is 6.56. The van der Waals surface area contributed by atoms with Crippen molar-refractivity contribution in [2.24, 2.45) is 0 Å². The van der Waals surface area contributed by atoms with Crippen LogP contribution >= 0.6 is 0 Å². The van der Waals surface area contributed by atoms with Crippen molar-refractivity contribution in [1.82, 2.24) is 0 Å². The van der Waals surface area contributed by atoms with E-state index in [0.29, 0.717) is 24.2 Å². The average Bonchev–Trinajstić information content (AvgIpc) is 2.67. The Labute approximate surface area is 81.7 Å². The fourth-order valence-electron chi connectivity index (χ4n) is 1.63. The van der Waals surface area contributed by atoms with Crippen LogP contribution < -0.4 is 0 Å². The molecule has 0 N–H and O–H groups in total. The van der Waals surface area contributed by atoms with Gasteiger partial charge in [-0.1, -0.05) is 24.3 Å². The zero-order chi connectivity index (χ0) is 10.0. The van der Waals surface area contributed by atoms with Crippen molar-refractivity contribution in [3.05, 3.63) is 35.4 Å². The smallest absolute Gasteiger partial charge is 0.161 e. The standard InChI is InChI=1S/C11H11FO2/c12-11(5-6-14-8-11)10-3-1-9(7-13)2-4-10/h1-4,7H,5-6,8H2. The molecule has 1 aromatic rings. The lowest BCUT2D eigenvalue weighted by molar-refractivity contribution is 0.111. The van der Waals surface area contributed by atoms with E-state index in [2.05, 4.69) is 0 Å². The number of ether oxygens (including phenoxy) is 1. The molecule has 74 valence electrons. The van der Waals surface area contributed by atoms with Crippen LogP contribution in [0.25, 0.3) is 0 Å². The molecular weight excluding hydrogens is 183 g/mol. The summed E-state index contributed by atoms with van der Waals surface area (Å²) in [5, 5.41) is 0. The monoisotopic (exact) mass is 194 g/mol.